The van der Waals surface area contributed by atoms with E-state index < -0.39 is 5.60 Å². The molecule has 0 amide bonds. The zero-order chi connectivity index (χ0) is 12.9. The molecule has 2 heteroatoms. The second kappa shape index (κ2) is 6.19. The highest BCUT2D eigenvalue weighted by Crippen LogP contribution is 2.47. The lowest BCUT2D eigenvalue weighted by Crippen LogP contribution is -2.52. The highest BCUT2D eigenvalue weighted by molar-refractivity contribution is 4.99. The van der Waals surface area contributed by atoms with Crippen LogP contribution < -0.4 is 5.73 Å². The van der Waals surface area contributed by atoms with E-state index in [0.717, 1.165) is 31.6 Å². The third-order valence-corrected chi connectivity index (χ3v) is 5.03. The lowest BCUT2D eigenvalue weighted by molar-refractivity contribution is -0.0971. The first-order valence-corrected chi connectivity index (χ1v) is 7.40. The molecule has 17 heavy (non-hydrogen) atoms. The van der Waals surface area contributed by atoms with Crippen molar-refractivity contribution in [1.82, 2.24) is 0 Å². The van der Waals surface area contributed by atoms with E-state index in [9.17, 15) is 5.11 Å². The zero-order valence-corrected chi connectivity index (χ0v) is 12.0. The summed E-state index contributed by atoms with van der Waals surface area (Å²) in [5.41, 5.74) is 5.42. The third kappa shape index (κ3) is 3.45. The third-order valence-electron chi connectivity index (χ3n) is 5.03. The van der Waals surface area contributed by atoms with Gasteiger partial charge in [0, 0.05) is 12.0 Å². The van der Waals surface area contributed by atoms with E-state index in [1.807, 2.05) is 6.92 Å². The van der Waals surface area contributed by atoms with Crippen LogP contribution in [0.3, 0.4) is 0 Å². The maximum atomic E-state index is 10.8. The Bertz CT molecular complexity index is 217. The minimum absolute atomic E-state index is 0.0206. The summed E-state index contributed by atoms with van der Waals surface area (Å²) in [5.74, 6) is 0.807. The predicted molar refractivity (Wildman–Crippen MR) is 73.9 cm³/mol. The highest BCUT2D eigenvalue weighted by Gasteiger charge is 2.46. The average Bonchev–Trinajstić information content (AvgIpc) is 2.30. The molecule has 0 bridgehead atoms. The first-order valence-electron chi connectivity index (χ1n) is 7.40. The summed E-state index contributed by atoms with van der Waals surface area (Å²) in [7, 11) is 0. The molecular weight excluding hydrogens is 210 g/mol. The van der Waals surface area contributed by atoms with Crippen molar-refractivity contribution in [2.45, 2.75) is 77.7 Å². The van der Waals surface area contributed by atoms with Crippen molar-refractivity contribution in [3.05, 3.63) is 0 Å². The smallest absolute Gasteiger partial charge is 0.0687 e. The Morgan fingerprint density at radius 1 is 1.29 bits per heavy atom. The van der Waals surface area contributed by atoms with Crippen LogP contribution in [0.1, 0.15) is 72.1 Å². The van der Waals surface area contributed by atoms with Crippen LogP contribution in [0.4, 0.5) is 0 Å². The summed E-state index contributed by atoms with van der Waals surface area (Å²) >= 11 is 0. The number of unbranched alkanes of at least 4 members (excludes halogenated alkanes) is 2. The minimum Gasteiger partial charge on any atom is -0.390 e. The Hall–Kier alpha value is -0.0800. The van der Waals surface area contributed by atoms with Gasteiger partial charge in [0.25, 0.3) is 0 Å². The van der Waals surface area contributed by atoms with Crippen molar-refractivity contribution in [3.63, 3.8) is 0 Å². The van der Waals surface area contributed by atoms with Gasteiger partial charge < -0.3 is 10.8 Å². The van der Waals surface area contributed by atoms with E-state index in [1.54, 1.807) is 0 Å². The summed E-state index contributed by atoms with van der Waals surface area (Å²) in [6, 6.07) is 0. The summed E-state index contributed by atoms with van der Waals surface area (Å²) < 4.78 is 0. The van der Waals surface area contributed by atoms with Crippen LogP contribution in [0.15, 0.2) is 0 Å². The Labute approximate surface area is 107 Å². The molecule has 3 N–H and O–H groups in total. The predicted octanol–water partition coefficient (Wildman–Crippen LogP) is 3.47. The zero-order valence-electron chi connectivity index (χ0n) is 12.0. The molecule has 1 fully saturated rings. The van der Waals surface area contributed by atoms with E-state index in [-0.39, 0.29) is 5.41 Å². The molecule has 0 heterocycles. The number of aliphatic hydroxyl groups is 1. The van der Waals surface area contributed by atoms with Gasteiger partial charge in [-0.1, -0.05) is 46.0 Å². The maximum absolute atomic E-state index is 10.8. The number of nitrogens with two attached hydrogens (primary N) is 1. The minimum atomic E-state index is -0.572. The molecule has 0 aromatic rings. The lowest BCUT2D eigenvalue weighted by atomic mass is 9.61. The van der Waals surface area contributed by atoms with Crippen molar-refractivity contribution in [3.8, 4) is 0 Å². The molecule has 0 spiro atoms. The van der Waals surface area contributed by atoms with Gasteiger partial charge in [0.15, 0.2) is 0 Å². The second-order valence-electron chi connectivity index (χ2n) is 6.40. The van der Waals surface area contributed by atoms with Crippen molar-refractivity contribution in [2.24, 2.45) is 17.1 Å². The SMILES string of the molecule is CCCCCC(C)(O)C1(CN)CCC(C)CC1. The Morgan fingerprint density at radius 3 is 2.35 bits per heavy atom. The summed E-state index contributed by atoms with van der Waals surface area (Å²) in [4.78, 5) is 0. The van der Waals surface area contributed by atoms with Crippen molar-refractivity contribution in [2.75, 3.05) is 6.54 Å². The van der Waals surface area contributed by atoms with Gasteiger partial charge in [-0.25, -0.2) is 0 Å². The molecule has 1 unspecified atom stereocenters. The standard InChI is InChI=1S/C15H31NO/c1-4-5-6-9-14(3,17)15(12-16)10-7-13(2)8-11-15/h13,17H,4-12,16H2,1-3H3. The Morgan fingerprint density at radius 2 is 1.88 bits per heavy atom. The highest BCUT2D eigenvalue weighted by atomic mass is 16.3. The molecule has 0 radical (unpaired) electrons. The largest absolute Gasteiger partial charge is 0.390 e. The maximum Gasteiger partial charge on any atom is 0.0687 e. The molecular formula is C15H31NO. The van der Waals surface area contributed by atoms with E-state index >= 15 is 0 Å². The lowest BCUT2D eigenvalue weighted by Gasteiger charge is -2.49. The molecule has 0 aliphatic heterocycles. The van der Waals surface area contributed by atoms with Gasteiger partial charge in [0.2, 0.25) is 0 Å². The first kappa shape index (κ1) is 15.0. The van der Waals surface area contributed by atoms with Crippen LogP contribution in [-0.4, -0.2) is 17.3 Å². The van der Waals surface area contributed by atoms with Crippen molar-refractivity contribution in [1.29, 1.82) is 0 Å². The average molecular weight is 241 g/mol. The van der Waals surface area contributed by atoms with Crippen LogP contribution >= 0.6 is 0 Å². The molecule has 1 atom stereocenters. The summed E-state index contributed by atoms with van der Waals surface area (Å²) in [6.45, 7) is 7.17. The van der Waals surface area contributed by atoms with Gasteiger partial charge in [0.1, 0.15) is 0 Å². The molecule has 0 saturated heterocycles. The topological polar surface area (TPSA) is 46.2 Å². The second-order valence-corrected chi connectivity index (χ2v) is 6.40. The van der Waals surface area contributed by atoms with Gasteiger partial charge >= 0.3 is 0 Å². The van der Waals surface area contributed by atoms with Crippen LogP contribution in [0.2, 0.25) is 0 Å². The molecule has 102 valence electrons. The first-order chi connectivity index (χ1) is 7.97. The van der Waals surface area contributed by atoms with E-state index in [1.165, 1.54) is 25.7 Å². The Balaban J connectivity index is 2.63. The van der Waals surface area contributed by atoms with Gasteiger partial charge in [-0.3, -0.25) is 0 Å². The van der Waals surface area contributed by atoms with E-state index in [4.69, 9.17) is 5.73 Å². The van der Waals surface area contributed by atoms with Gasteiger partial charge in [-0.05, 0) is 32.1 Å². The van der Waals surface area contributed by atoms with Gasteiger partial charge in [-0.15, -0.1) is 0 Å². The fraction of sp³-hybridized carbons (Fsp3) is 1.00. The fourth-order valence-electron chi connectivity index (χ4n) is 3.26. The molecule has 1 rings (SSSR count). The van der Waals surface area contributed by atoms with Crippen LogP contribution in [-0.2, 0) is 0 Å². The van der Waals surface area contributed by atoms with Gasteiger partial charge in [-0.2, -0.15) is 0 Å². The number of rotatable bonds is 6. The number of hydrogen-bond acceptors (Lipinski definition) is 2. The van der Waals surface area contributed by atoms with Crippen molar-refractivity contribution >= 4 is 0 Å². The van der Waals surface area contributed by atoms with Crippen molar-refractivity contribution < 1.29 is 5.11 Å². The quantitative estimate of drug-likeness (QED) is 0.699. The van der Waals surface area contributed by atoms with Crippen LogP contribution in [0, 0.1) is 11.3 Å². The summed E-state index contributed by atoms with van der Waals surface area (Å²) in [5, 5.41) is 10.8. The molecule has 0 aromatic carbocycles. The molecule has 1 aliphatic carbocycles. The normalized spacial score (nSPS) is 33.4. The summed E-state index contributed by atoms with van der Waals surface area (Å²) in [6.07, 6.45) is 9.11. The van der Waals surface area contributed by atoms with Crippen LogP contribution in [0.5, 0.6) is 0 Å². The van der Waals surface area contributed by atoms with E-state index in [0.29, 0.717) is 6.54 Å². The van der Waals surface area contributed by atoms with Gasteiger partial charge in [0.05, 0.1) is 5.60 Å². The molecule has 0 aromatic heterocycles. The van der Waals surface area contributed by atoms with E-state index in [2.05, 4.69) is 13.8 Å². The molecule has 1 aliphatic rings. The monoisotopic (exact) mass is 241 g/mol. The number of hydrogen-bond donors (Lipinski definition) is 2. The Kier molecular flexibility index (Phi) is 5.46. The van der Waals surface area contributed by atoms with Crippen LogP contribution in [0.25, 0.3) is 0 Å². The fourth-order valence-corrected chi connectivity index (χ4v) is 3.26. The molecule has 1 saturated carbocycles. The molecule has 2 nitrogen and oxygen atoms in total.